The van der Waals surface area contributed by atoms with Gasteiger partial charge in [0.1, 0.15) is 29.0 Å². The molecular weight excluding hydrogens is 386 g/mol. The van der Waals surface area contributed by atoms with Crippen LogP contribution in [0.4, 0.5) is 5.82 Å². The van der Waals surface area contributed by atoms with Crippen molar-refractivity contribution in [3.8, 4) is 11.8 Å². The topological polar surface area (TPSA) is 117 Å². The number of aromatic nitrogens is 1. The Labute approximate surface area is 173 Å². The molecule has 8 nitrogen and oxygen atoms in total. The molecule has 2 N–H and O–H groups in total. The highest BCUT2D eigenvalue weighted by Crippen LogP contribution is 2.27. The van der Waals surface area contributed by atoms with Gasteiger partial charge in [0.05, 0.1) is 18.4 Å². The van der Waals surface area contributed by atoms with Gasteiger partial charge in [0.2, 0.25) is 0 Å². The first-order valence-corrected chi connectivity index (χ1v) is 9.20. The Hall–Kier alpha value is -3.99. The minimum Gasteiger partial charge on any atom is -0.507 e. The van der Waals surface area contributed by atoms with Crippen LogP contribution in [0.25, 0.3) is 0 Å². The average Bonchev–Trinajstić information content (AvgIpc) is 3.29. The van der Waals surface area contributed by atoms with E-state index in [4.69, 9.17) is 9.15 Å². The number of phenols is 1. The van der Waals surface area contributed by atoms with Crippen LogP contribution in [0.15, 0.2) is 41.0 Å². The summed E-state index contributed by atoms with van der Waals surface area (Å²) < 4.78 is 12.2. The number of carbonyl (C=O) groups excluding carboxylic acids is 2. The molecule has 0 atom stereocenters. The smallest absolute Gasteiger partial charge is 0.342 e. The molecule has 0 aliphatic rings. The third-order valence-corrected chi connectivity index (χ3v) is 4.80. The monoisotopic (exact) mass is 407 g/mol. The Morgan fingerprint density at radius 3 is 2.67 bits per heavy atom. The van der Waals surface area contributed by atoms with Crippen LogP contribution >= 0.6 is 0 Å². The summed E-state index contributed by atoms with van der Waals surface area (Å²) in [5.41, 5.74) is 2.63. The number of benzene rings is 1. The number of carbonyl (C=O) groups is 2. The number of hydrogen-bond donors (Lipinski definition) is 2. The predicted octanol–water partition coefficient (Wildman–Crippen LogP) is 3.43. The van der Waals surface area contributed by atoms with Gasteiger partial charge >= 0.3 is 5.97 Å². The fourth-order valence-corrected chi connectivity index (χ4v) is 3.08. The van der Waals surface area contributed by atoms with Gasteiger partial charge in [-0.1, -0.05) is 6.07 Å². The minimum atomic E-state index is -0.818. The molecule has 1 aromatic carbocycles. The number of amides is 1. The van der Waals surface area contributed by atoms with E-state index < -0.39 is 18.5 Å². The minimum absolute atomic E-state index is 0.0287. The van der Waals surface area contributed by atoms with Crippen LogP contribution in [0.2, 0.25) is 0 Å². The quantitative estimate of drug-likeness (QED) is 0.605. The largest absolute Gasteiger partial charge is 0.507 e. The van der Waals surface area contributed by atoms with E-state index in [-0.39, 0.29) is 11.3 Å². The Balaban J connectivity index is 1.75. The summed E-state index contributed by atoms with van der Waals surface area (Å²) in [5.74, 6) is -0.672. The van der Waals surface area contributed by atoms with Crippen LogP contribution in [-0.4, -0.2) is 28.2 Å². The number of esters is 1. The standard InChI is InChI=1S/C22H21N3O5/c1-13-6-7-17(19(26)9-13)22(28)30-12-20(27)24-21-18(10-23)14(2)15(3)25(21)11-16-5-4-8-29-16/h4-9,26H,11-12H2,1-3H3,(H,24,27). The lowest BCUT2D eigenvalue weighted by atomic mass is 10.1. The molecule has 3 rings (SSSR count). The Bertz CT molecular complexity index is 1140. The Morgan fingerprint density at radius 1 is 1.27 bits per heavy atom. The van der Waals surface area contributed by atoms with Gasteiger partial charge in [0, 0.05) is 5.69 Å². The number of nitrogens with zero attached hydrogens (tertiary/aromatic N) is 2. The van der Waals surface area contributed by atoms with E-state index in [1.165, 1.54) is 12.1 Å². The molecule has 0 fully saturated rings. The SMILES string of the molecule is Cc1ccc(C(=O)OCC(=O)Nc2c(C#N)c(C)c(C)n2Cc2ccco2)c(O)c1. The Kier molecular flexibility index (Phi) is 5.93. The number of aromatic hydroxyl groups is 1. The lowest BCUT2D eigenvalue weighted by molar-refractivity contribution is -0.119. The highest BCUT2D eigenvalue weighted by atomic mass is 16.5. The van der Waals surface area contributed by atoms with Crippen molar-refractivity contribution >= 4 is 17.7 Å². The van der Waals surface area contributed by atoms with Gasteiger partial charge < -0.3 is 24.1 Å². The number of anilines is 1. The number of nitrogens with one attached hydrogen (secondary N) is 1. The zero-order valence-electron chi connectivity index (χ0n) is 16.9. The molecule has 0 spiro atoms. The maximum atomic E-state index is 12.4. The van der Waals surface area contributed by atoms with Crippen LogP contribution in [0, 0.1) is 32.1 Å². The van der Waals surface area contributed by atoms with E-state index in [2.05, 4.69) is 11.4 Å². The summed E-state index contributed by atoms with van der Waals surface area (Å²) >= 11 is 0. The Morgan fingerprint density at radius 2 is 2.03 bits per heavy atom. The first-order valence-electron chi connectivity index (χ1n) is 9.20. The number of rotatable bonds is 6. The van der Waals surface area contributed by atoms with Gasteiger partial charge in [-0.3, -0.25) is 4.79 Å². The van der Waals surface area contributed by atoms with Gasteiger partial charge in [-0.15, -0.1) is 0 Å². The molecule has 0 unspecified atom stereocenters. The lowest BCUT2D eigenvalue weighted by Gasteiger charge is -2.12. The van der Waals surface area contributed by atoms with Gasteiger partial charge in [-0.25, -0.2) is 4.79 Å². The van der Waals surface area contributed by atoms with Crippen LogP contribution in [-0.2, 0) is 16.1 Å². The molecule has 0 saturated heterocycles. The van der Waals surface area contributed by atoms with Crippen molar-refractivity contribution in [1.82, 2.24) is 4.57 Å². The van der Waals surface area contributed by atoms with E-state index in [1.807, 2.05) is 6.92 Å². The lowest BCUT2D eigenvalue weighted by Crippen LogP contribution is -2.23. The first-order chi connectivity index (χ1) is 14.3. The zero-order chi connectivity index (χ0) is 21.8. The molecule has 0 bridgehead atoms. The highest BCUT2D eigenvalue weighted by molar-refractivity contribution is 5.97. The second-order valence-corrected chi connectivity index (χ2v) is 6.86. The number of hydrogen-bond acceptors (Lipinski definition) is 6. The van der Waals surface area contributed by atoms with E-state index in [0.29, 0.717) is 23.7 Å². The molecule has 0 aliphatic heterocycles. The van der Waals surface area contributed by atoms with Crippen molar-refractivity contribution in [3.05, 3.63) is 70.3 Å². The van der Waals surface area contributed by atoms with Gasteiger partial charge in [0.15, 0.2) is 6.61 Å². The molecule has 0 saturated carbocycles. The molecule has 30 heavy (non-hydrogen) atoms. The van der Waals surface area contributed by atoms with Gasteiger partial charge in [-0.05, 0) is 56.2 Å². The van der Waals surface area contributed by atoms with Crippen molar-refractivity contribution in [2.45, 2.75) is 27.3 Å². The van der Waals surface area contributed by atoms with E-state index in [1.54, 1.807) is 42.9 Å². The number of phenolic OH excluding ortho intramolecular Hbond substituents is 1. The first kappa shape index (κ1) is 20.7. The van der Waals surface area contributed by atoms with E-state index in [0.717, 1.165) is 16.8 Å². The molecule has 0 aliphatic carbocycles. The summed E-state index contributed by atoms with van der Waals surface area (Å²) in [6.07, 6.45) is 1.55. The number of furan rings is 1. The zero-order valence-corrected chi connectivity index (χ0v) is 16.9. The fourth-order valence-electron chi connectivity index (χ4n) is 3.08. The van der Waals surface area contributed by atoms with Crippen LogP contribution in [0.1, 0.15) is 38.5 Å². The van der Waals surface area contributed by atoms with Crippen LogP contribution in [0.3, 0.4) is 0 Å². The normalized spacial score (nSPS) is 10.5. The van der Waals surface area contributed by atoms with Crippen LogP contribution < -0.4 is 5.32 Å². The number of aryl methyl sites for hydroxylation is 1. The molecule has 1 amide bonds. The van der Waals surface area contributed by atoms with Crippen LogP contribution in [0.5, 0.6) is 5.75 Å². The van der Waals surface area contributed by atoms with Gasteiger partial charge in [-0.2, -0.15) is 5.26 Å². The van der Waals surface area contributed by atoms with Crippen molar-refractivity contribution in [2.75, 3.05) is 11.9 Å². The average molecular weight is 407 g/mol. The van der Waals surface area contributed by atoms with Gasteiger partial charge in [0.25, 0.3) is 5.91 Å². The molecule has 2 heterocycles. The fraction of sp³-hybridized carbons (Fsp3) is 0.227. The van der Waals surface area contributed by atoms with Crippen molar-refractivity contribution in [2.24, 2.45) is 0 Å². The number of nitriles is 1. The maximum absolute atomic E-state index is 12.4. The van der Waals surface area contributed by atoms with E-state index in [9.17, 15) is 20.0 Å². The summed E-state index contributed by atoms with van der Waals surface area (Å²) in [5, 5.41) is 22.1. The van der Waals surface area contributed by atoms with Crippen molar-refractivity contribution < 1.29 is 23.8 Å². The summed E-state index contributed by atoms with van der Waals surface area (Å²) in [7, 11) is 0. The number of ether oxygens (including phenoxy) is 1. The molecule has 2 aromatic heterocycles. The predicted molar refractivity (Wildman–Crippen MR) is 108 cm³/mol. The second kappa shape index (κ2) is 8.57. The maximum Gasteiger partial charge on any atom is 0.342 e. The van der Waals surface area contributed by atoms with Crippen molar-refractivity contribution in [1.29, 1.82) is 5.26 Å². The molecular formula is C22H21N3O5. The summed E-state index contributed by atoms with van der Waals surface area (Å²) in [6.45, 7) is 5.17. The summed E-state index contributed by atoms with van der Waals surface area (Å²) in [6, 6.07) is 10.2. The molecule has 8 heteroatoms. The third kappa shape index (κ3) is 4.20. The molecule has 0 radical (unpaired) electrons. The van der Waals surface area contributed by atoms with E-state index >= 15 is 0 Å². The highest BCUT2D eigenvalue weighted by Gasteiger charge is 2.21. The second-order valence-electron chi connectivity index (χ2n) is 6.86. The summed E-state index contributed by atoms with van der Waals surface area (Å²) in [4.78, 5) is 24.6. The molecule has 3 aromatic rings. The molecule has 154 valence electrons. The third-order valence-electron chi connectivity index (χ3n) is 4.80. The van der Waals surface area contributed by atoms with Crippen molar-refractivity contribution in [3.63, 3.8) is 0 Å².